The monoisotopic (exact) mass is 322 g/mol. The summed E-state index contributed by atoms with van der Waals surface area (Å²) < 4.78 is 1.16. The number of thiophene rings is 1. The van der Waals surface area contributed by atoms with Crippen molar-refractivity contribution in [2.24, 2.45) is 5.84 Å². The SMILES string of the molecule is CCC(C)SCC(Cc1cc(Br)cs1)NN. The minimum absolute atomic E-state index is 0.365. The van der Waals surface area contributed by atoms with Crippen molar-refractivity contribution >= 4 is 39.0 Å². The van der Waals surface area contributed by atoms with Crippen molar-refractivity contribution < 1.29 is 0 Å². The minimum Gasteiger partial charge on any atom is -0.271 e. The van der Waals surface area contributed by atoms with Crippen molar-refractivity contribution in [1.29, 1.82) is 0 Å². The van der Waals surface area contributed by atoms with E-state index in [-0.39, 0.29) is 0 Å². The van der Waals surface area contributed by atoms with E-state index in [9.17, 15) is 0 Å². The van der Waals surface area contributed by atoms with Crippen LogP contribution in [0.25, 0.3) is 0 Å². The Hall–Kier alpha value is 0.450. The van der Waals surface area contributed by atoms with E-state index in [0.717, 1.165) is 16.6 Å². The Labute approximate surface area is 114 Å². The maximum absolute atomic E-state index is 5.58. The first-order chi connectivity index (χ1) is 7.65. The molecule has 1 aromatic rings. The molecule has 0 aliphatic rings. The van der Waals surface area contributed by atoms with E-state index in [1.54, 1.807) is 11.3 Å². The van der Waals surface area contributed by atoms with Gasteiger partial charge in [0.05, 0.1) is 0 Å². The van der Waals surface area contributed by atoms with E-state index in [1.807, 2.05) is 11.8 Å². The fraction of sp³-hybridized carbons (Fsp3) is 0.636. The Morgan fingerprint density at radius 3 is 2.88 bits per heavy atom. The van der Waals surface area contributed by atoms with Gasteiger partial charge in [0.2, 0.25) is 0 Å². The predicted octanol–water partition coefficient (Wildman–Crippen LogP) is 3.42. The van der Waals surface area contributed by atoms with Crippen LogP contribution in [0.4, 0.5) is 0 Å². The first-order valence-corrected chi connectivity index (χ1v) is 8.18. The zero-order valence-electron chi connectivity index (χ0n) is 9.70. The molecule has 0 saturated heterocycles. The molecule has 2 atom stereocenters. The van der Waals surface area contributed by atoms with Crippen LogP contribution in [0.15, 0.2) is 15.9 Å². The molecule has 2 unspecified atom stereocenters. The van der Waals surface area contributed by atoms with Crippen molar-refractivity contribution in [3.63, 3.8) is 0 Å². The molecule has 0 radical (unpaired) electrons. The fourth-order valence-electron chi connectivity index (χ4n) is 1.27. The van der Waals surface area contributed by atoms with Gasteiger partial charge in [0, 0.05) is 31.8 Å². The summed E-state index contributed by atoms with van der Waals surface area (Å²) in [6, 6.07) is 2.53. The summed E-state index contributed by atoms with van der Waals surface area (Å²) in [7, 11) is 0. The van der Waals surface area contributed by atoms with Gasteiger partial charge in [-0.25, -0.2) is 0 Å². The lowest BCUT2D eigenvalue weighted by molar-refractivity contribution is 0.578. The van der Waals surface area contributed by atoms with Gasteiger partial charge in [-0.2, -0.15) is 11.8 Å². The summed E-state index contributed by atoms with van der Waals surface area (Å²) in [5.74, 6) is 6.66. The second-order valence-electron chi connectivity index (χ2n) is 3.85. The Morgan fingerprint density at radius 2 is 2.38 bits per heavy atom. The third-order valence-corrected chi connectivity index (χ3v) is 5.68. The highest BCUT2D eigenvalue weighted by atomic mass is 79.9. The van der Waals surface area contributed by atoms with Crippen molar-refractivity contribution in [2.75, 3.05) is 5.75 Å². The number of nitrogens with two attached hydrogens (primary N) is 1. The zero-order valence-corrected chi connectivity index (χ0v) is 12.9. The number of nitrogens with one attached hydrogen (secondary N) is 1. The zero-order chi connectivity index (χ0) is 12.0. The summed E-state index contributed by atoms with van der Waals surface area (Å²) in [6.07, 6.45) is 2.22. The van der Waals surface area contributed by atoms with E-state index in [1.165, 1.54) is 11.3 Å². The van der Waals surface area contributed by atoms with Gasteiger partial charge >= 0.3 is 0 Å². The molecule has 0 bridgehead atoms. The summed E-state index contributed by atoms with van der Waals surface area (Å²) in [5, 5.41) is 2.83. The van der Waals surface area contributed by atoms with Gasteiger partial charge < -0.3 is 0 Å². The average molecular weight is 323 g/mol. The van der Waals surface area contributed by atoms with Gasteiger partial charge in [0.1, 0.15) is 0 Å². The van der Waals surface area contributed by atoms with Gasteiger partial charge in [0.25, 0.3) is 0 Å². The summed E-state index contributed by atoms with van der Waals surface area (Å²) >= 11 is 7.24. The second-order valence-corrected chi connectivity index (χ2v) is 7.23. The topological polar surface area (TPSA) is 38.0 Å². The van der Waals surface area contributed by atoms with Crippen molar-refractivity contribution in [3.8, 4) is 0 Å². The number of rotatable bonds is 7. The largest absolute Gasteiger partial charge is 0.271 e. The Kier molecular flexibility index (Phi) is 7.00. The quantitative estimate of drug-likeness (QED) is 0.596. The first kappa shape index (κ1) is 14.5. The third-order valence-electron chi connectivity index (χ3n) is 2.46. The van der Waals surface area contributed by atoms with E-state index >= 15 is 0 Å². The van der Waals surface area contributed by atoms with E-state index in [4.69, 9.17) is 5.84 Å². The smallest absolute Gasteiger partial charge is 0.0349 e. The maximum Gasteiger partial charge on any atom is 0.0349 e. The Bertz CT molecular complexity index is 304. The maximum atomic E-state index is 5.58. The van der Waals surface area contributed by atoms with Crippen LogP contribution in [0.2, 0.25) is 0 Å². The van der Waals surface area contributed by atoms with Crippen LogP contribution >= 0.6 is 39.0 Å². The van der Waals surface area contributed by atoms with Crippen LogP contribution in [0.5, 0.6) is 0 Å². The molecule has 0 saturated carbocycles. The van der Waals surface area contributed by atoms with Crippen molar-refractivity contribution in [3.05, 3.63) is 20.8 Å². The van der Waals surface area contributed by atoms with Crippen LogP contribution in [0.3, 0.4) is 0 Å². The molecule has 3 N–H and O–H groups in total. The number of hydrazine groups is 1. The molecule has 1 aromatic heterocycles. The second kappa shape index (κ2) is 7.71. The molecule has 1 rings (SSSR count). The molecular weight excluding hydrogens is 304 g/mol. The normalized spacial score (nSPS) is 15.0. The molecule has 1 heterocycles. The molecule has 5 heteroatoms. The Balaban J connectivity index is 2.37. The van der Waals surface area contributed by atoms with Crippen molar-refractivity contribution in [1.82, 2.24) is 5.43 Å². The van der Waals surface area contributed by atoms with Gasteiger partial charge in [-0.05, 0) is 34.8 Å². The van der Waals surface area contributed by atoms with Gasteiger partial charge in [-0.15, -0.1) is 11.3 Å². The highest BCUT2D eigenvalue weighted by Crippen LogP contribution is 2.22. The molecule has 16 heavy (non-hydrogen) atoms. The third kappa shape index (κ3) is 5.19. The summed E-state index contributed by atoms with van der Waals surface area (Å²) in [4.78, 5) is 1.37. The predicted molar refractivity (Wildman–Crippen MR) is 79.0 cm³/mol. The van der Waals surface area contributed by atoms with Gasteiger partial charge in [-0.3, -0.25) is 11.3 Å². The van der Waals surface area contributed by atoms with Crippen LogP contribution in [0.1, 0.15) is 25.1 Å². The summed E-state index contributed by atoms with van der Waals surface area (Å²) in [6.45, 7) is 4.49. The average Bonchev–Trinajstić information content (AvgIpc) is 2.69. The van der Waals surface area contributed by atoms with Crippen LogP contribution in [0, 0.1) is 0 Å². The van der Waals surface area contributed by atoms with E-state index in [2.05, 4.69) is 46.6 Å². The lowest BCUT2D eigenvalue weighted by Gasteiger charge is -2.16. The molecule has 0 spiro atoms. The number of thioether (sulfide) groups is 1. The number of hydrogen-bond donors (Lipinski definition) is 2. The highest BCUT2D eigenvalue weighted by molar-refractivity contribution is 9.10. The summed E-state index contributed by atoms with van der Waals surface area (Å²) in [5.41, 5.74) is 2.91. The molecule has 0 aliphatic carbocycles. The van der Waals surface area contributed by atoms with E-state index < -0.39 is 0 Å². The van der Waals surface area contributed by atoms with Gasteiger partial charge in [-0.1, -0.05) is 13.8 Å². The van der Waals surface area contributed by atoms with Crippen molar-refractivity contribution in [2.45, 2.75) is 38.0 Å². The van der Waals surface area contributed by atoms with E-state index in [0.29, 0.717) is 11.3 Å². The van der Waals surface area contributed by atoms with Crippen LogP contribution in [-0.4, -0.2) is 17.0 Å². The minimum atomic E-state index is 0.365. The first-order valence-electron chi connectivity index (χ1n) is 5.46. The molecule has 0 fully saturated rings. The molecule has 0 aliphatic heterocycles. The molecule has 92 valence electrons. The fourth-order valence-corrected chi connectivity index (χ4v) is 3.81. The van der Waals surface area contributed by atoms with Gasteiger partial charge in [0.15, 0.2) is 0 Å². The lowest BCUT2D eigenvalue weighted by Crippen LogP contribution is -2.38. The van der Waals surface area contributed by atoms with Crippen LogP contribution < -0.4 is 11.3 Å². The molecule has 0 amide bonds. The molecular formula is C11H19BrN2S2. The molecule has 0 aromatic carbocycles. The molecule has 2 nitrogen and oxygen atoms in total. The highest BCUT2D eigenvalue weighted by Gasteiger charge is 2.11. The lowest BCUT2D eigenvalue weighted by atomic mass is 10.2. The van der Waals surface area contributed by atoms with Crippen LogP contribution in [-0.2, 0) is 6.42 Å². The standard InChI is InChI=1S/C11H19BrN2S2/c1-3-8(2)15-7-10(14-13)5-11-4-9(12)6-16-11/h4,6,8,10,14H,3,5,7,13H2,1-2H3. The Morgan fingerprint density at radius 1 is 1.62 bits per heavy atom. The number of halogens is 1. The number of hydrogen-bond acceptors (Lipinski definition) is 4.